The van der Waals surface area contributed by atoms with Gasteiger partial charge in [-0.2, -0.15) is 0 Å². The first kappa shape index (κ1) is 12.2. The molecule has 18 heavy (non-hydrogen) atoms. The van der Waals surface area contributed by atoms with E-state index in [1.807, 2.05) is 42.5 Å². The summed E-state index contributed by atoms with van der Waals surface area (Å²) >= 11 is 0. The molecule has 0 bridgehead atoms. The Kier molecular flexibility index (Phi) is 4.42. The topological polar surface area (TPSA) is 21.3 Å². The first-order valence-corrected chi connectivity index (χ1v) is 5.98. The van der Waals surface area contributed by atoms with Crippen LogP contribution in [0.25, 0.3) is 6.08 Å². The Balaban J connectivity index is 1.83. The van der Waals surface area contributed by atoms with E-state index in [0.29, 0.717) is 0 Å². The fraction of sp³-hybridized carbons (Fsp3) is 0.125. The van der Waals surface area contributed by atoms with Crippen LogP contribution in [0.1, 0.15) is 5.56 Å². The van der Waals surface area contributed by atoms with E-state index in [1.165, 1.54) is 5.56 Å². The van der Waals surface area contributed by atoms with Gasteiger partial charge in [0.05, 0.1) is 7.11 Å². The Labute approximate surface area is 108 Å². The third-order valence-electron chi connectivity index (χ3n) is 2.62. The van der Waals surface area contributed by atoms with Gasteiger partial charge in [0.1, 0.15) is 5.75 Å². The number of benzene rings is 2. The van der Waals surface area contributed by atoms with Gasteiger partial charge in [-0.1, -0.05) is 42.5 Å². The minimum Gasteiger partial charge on any atom is -0.497 e. The number of hydrogen-bond acceptors (Lipinski definition) is 2. The summed E-state index contributed by atoms with van der Waals surface area (Å²) in [7, 11) is 1.67. The maximum atomic E-state index is 5.11. The summed E-state index contributed by atoms with van der Waals surface area (Å²) in [5.74, 6) is 0.875. The van der Waals surface area contributed by atoms with Gasteiger partial charge < -0.3 is 10.1 Å². The molecule has 0 aliphatic rings. The van der Waals surface area contributed by atoms with Gasteiger partial charge in [-0.15, -0.1) is 0 Å². The van der Waals surface area contributed by atoms with Crippen molar-refractivity contribution in [2.24, 2.45) is 0 Å². The first-order chi connectivity index (χ1) is 8.88. The molecule has 0 aliphatic heterocycles. The molecule has 0 unspecified atom stereocenters. The van der Waals surface area contributed by atoms with Crippen LogP contribution in [-0.4, -0.2) is 13.7 Å². The molecule has 2 nitrogen and oxygen atoms in total. The van der Waals surface area contributed by atoms with Crippen LogP contribution in [0.2, 0.25) is 0 Å². The van der Waals surface area contributed by atoms with Gasteiger partial charge in [-0.05, 0) is 29.8 Å². The van der Waals surface area contributed by atoms with Gasteiger partial charge in [0.15, 0.2) is 0 Å². The maximum Gasteiger partial charge on any atom is 0.119 e. The lowest BCUT2D eigenvalue weighted by Gasteiger charge is -2.04. The van der Waals surface area contributed by atoms with E-state index < -0.39 is 0 Å². The number of hydrogen-bond donors (Lipinski definition) is 1. The minimum atomic E-state index is 0.807. The molecular formula is C16H17NO. The lowest BCUT2D eigenvalue weighted by Crippen LogP contribution is -1.97. The summed E-state index contributed by atoms with van der Waals surface area (Å²) in [4.78, 5) is 0. The Hall–Kier alpha value is -2.22. The molecule has 2 heteroatoms. The van der Waals surface area contributed by atoms with Crippen molar-refractivity contribution in [3.05, 3.63) is 66.2 Å². The SMILES string of the molecule is COc1ccc(NC/C=C/c2ccccc2)cc1. The third-order valence-corrected chi connectivity index (χ3v) is 2.62. The summed E-state index contributed by atoms with van der Waals surface area (Å²) in [5, 5.41) is 3.32. The Morgan fingerprint density at radius 3 is 2.39 bits per heavy atom. The molecule has 0 radical (unpaired) electrons. The molecule has 2 aromatic carbocycles. The van der Waals surface area contributed by atoms with Crippen molar-refractivity contribution in [1.29, 1.82) is 0 Å². The van der Waals surface area contributed by atoms with Crippen molar-refractivity contribution < 1.29 is 4.74 Å². The standard InChI is InChI=1S/C16H17NO/c1-18-16-11-9-15(10-12-16)17-13-5-8-14-6-3-2-4-7-14/h2-12,17H,13H2,1H3/b8-5+. The largest absolute Gasteiger partial charge is 0.497 e. The van der Waals surface area contributed by atoms with Gasteiger partial charge in [0.2, 0.25) is 0 Å². The van der Waals surface area contributed by atoms with Gasteiger partial charge >= 0.3 is 0 Å². The number of nitrogens with one attached hydrogen (secondary N) is 1. The fourth-order valence-electron chi connectivity index (χ4n) is 1.64. The Morgan fingerprint density at radius 1 is 1.00 bits per heavy atom. The highest BCUT2D eigenvalue weighted by Crippen LogP contribution is 2.14. The highest BCUT2D eigenvalue weighted by atomic mass is 16.5. The van der Waals surface area contributed by atoms with Crippen molar-refractivity contribution in [2.75, 3.05) is 19.0 Å². The Morgan fingerprint density at radius 2 is 1.72 bits per heavy atom. The van der Waals surface area contributed by atoms with Crippen LogP contribution in [0.4, 0.5) is 5.69 Å². The van der Waals surface area contributed by atoms with Crippen LogP contribution < -0.4 is 10.1 Å². The lowest BCUT2D eigenvalue weighted by molar-refractivity contribution is 0.415. The molecule has 0 fully saturated rings. The zero-order chi connectivity index (χ0) is 12.6. The van der Waals surface area contributed by atoms with Crippen LogP contribution in [-0.2, 0) is 0 Å². The molecule has 0 saturated carbocycles. The van der Waals surface area contributed by atoms with Crippen LogP contribution in [0.3, 0.4) is 0 Å². The number of ether oxygens (including phenoxy) is 1. The van der Waals surface area contributed by atoms with E-state index in [4.69, 9.17) is 4.74 Å². The second-order valence-electron chi connectivity index (χ2n) is 3.92. The molecule has 0 atom stereocenters. The van der Waals surface area contributed by atoms with Crippen molar-refractivity contribution in [3.63, 3.8) is 0 Å². The summed E-state index contributed by atoms with van der Waals surface area (Å²) in [6, 6.07) is 18.2. The second-order valence-corrected chi connectivity index (χ2v) is 3.92. The number of methoxy groups -OCH3 is 1. The quantitative estimate of drug-likeness (QED) is 0.856. The monoisotopic (exact) mass is 239 g/mol. The van der Waals surface area contributed by atoms with Crippen LogP contribution >= 0.6 is 0 Å². The van der Waals surface area contributed by atoms with Crippen LogP contribution in [0.5, 0.6) is 5.75 Å². The minimum absolute atomic E-state index is 0.807. The molecule has 0 heterocycles. The maximum absolute atomic E-state index is 5.11. The van der Waals surface area contributed by atoms with Crippen molar-refractivity contribution >= 4 is 11.8 Å². The Bertz CT molecular complexity index is 488. The van der Waals surface area contributed by atoms with Gasteiger partial charge in [0.25, 0.3) is 0 Å². The molecule has 2 rings (SSSR count). The second kappa shape index (κ2) is 6.50. The molecule has 0 aliphatic carbocycles. The molecule has 0 saturated heterocycles. The fourth-order valence-corrected chi connectivity index (χ4v) is 1.64. The molecule has 92 valence electrons. The van der Waals surface area contributed by atoms with Crippen molar-refractivity contribution in [3.8, 4) is 5.75 Å². The van der Waals surface area contributed by atoms with Crippen molar-refractivity contribution in [2.45, 2.75) is 0 Å². The average Bonchev–Trinajstić information content (AvgIpc) is 2.45. The predicted octanol–water partition coefficient (Wildman–Crippen LogP) is 3.82. The molecule has 2 aromatic rings. The molecular weight excluding hydrogens is 222 g/mol. The summed E-state index contributed by atoms with van der Waals surface area (Å²) < 4.78 is 5.11. The normalized spacial score (nSPS) is 10.5. The number of rotatable bonds is 5. The zero-order valence-electron chi connectivity index (χ0n) is 10.5. The van der Waals surface area contributed by atoms with E-state index in [1.54, 1.807) is 7.11 Å². The average molecular weight is 239 g/mol. The van der Waals surface area contributed by atoms with Gasteiger partial charge in [0, 0.05) is 12.2 Å². The van der Waals surface area contributed by atoms with Gasteiger partial charge in [-0.25, -0.2) is 0 Å². The van der Waals surface area contributed by atoms with Gasteiger partial charge in [-0.3, -0.25) is 0 Å². The number of anilines is 1. The first-order valence-electron chi connectivity index (χ1n) is 5.98. The van der Waals surface area contributed by atoms with E-state index in [-0.39, 0.29) is 0 Å². The molecule has 0 aromatic heterocycles. The van der Waals surface area contributed by atoms with E-state index in [9.17, 15) is 0 Å². The zero-order valence-corrected chi connectivity index (χ0v) is 10.5. The highest BCUT2D eigenvalue weighted by molar-refractivity contribution is 5.51. The summed E-state index contributed by atoms with van der Waals surface area (Å²) in [6.07, 6.45) is 4.22. The smallest absolute Gasteiger partial charge is 0.119 e. The van der Waals surface area contributed by atoms with E-state index in [0.717, 1.165) is 18.0 Å². The predicted molar refractivity (Wildman–Crippen MR) is 77.0 cm³/mol. The lowest BCUT2D eigenvalue weighted by atomic mass is 10.2. The summed E-state index contributed by atoms with van der Waals surface area (Å²) in [6.45, 7) is 0.807. The molecule has 0 amide bonds. The van der Waals surface area contributed by atoms with E-state index in [2.05, 4.69) is 29.6 Å². The molecule has 1 N–H and O–H groups in total. The molecule has 0 spiro atoms. The summed E-state index contributed by atoms with van der Waals surface area (Å²) in [5.41, 5.74) is 2.31. The van der Waals surface area contributed by atoms with Crippen LogP contribution in [0.15, 0.2) is 60.7 Å². The highest BCUT2D eigenvalue weighted by Gasteiger charge is 1.91. The van der Waals surface area contributed by atoms with E-state index >= 15 is 0 Å². The third kappa shape index (κ3) is 3.67. The van der Waals surface area contributed by atoms with Crippen LogP contribution in [0, 0.1) is 0 Å². The van der Waals surface area contributed by atoms with Crippen molar-refractivity contribution in [1.82, 2.24) is 0 Å².